The third-order valence-corrected chi connectivity index (χ3v) is 5.20. The van der Waals surface area contributed by atoms with Crippen molar-refractivity contribution >= 4 is 40.4 Å². The summed E-state index contributed by atoms with van der Waals surface area (Å²) in [5.74, 6) is -3.34. The van der Waals surface area contributed by atoms with Crippen molar-refractivity contribution in [1.82, 2.24) is 0 Å². The van der Waals surface area contributed by atoms with Gasteiger partial charge in [0, 0.05) is 17.9 Å². The predicted molar refractivity (Wildman–Crippen MR) is 140 cm³/mol. The van der Waals surface area contributed by atoms with Crippen LogP contribution in [0, 0.1) is 17.8 Å². The fraction of sp³-hybridized carbons (Fsp3) is 0.893. The minimum atomic E-state index is -0.893. The average molecular weight is 605 g/mol. The molecular formula is C28H54O6Sn. The van der Waals surface area contributed by atoms with Crippen LogP contribution in [-0.4, -0.2) is 40.4 Å². The number of unbranched alkanes of at least 4 members (excludes halogenated alkanes) is 3. The van der Waals surface area contributed by atoms with Gasteiger partial charge in [-0.1, -0.05) is 80.1 Å². The molecule has 0 spiro atoms. The van der Waals surface area contributed by atoms with Gasteiger partial charge in [-0.25, -0.2) is 0 Å². The van der Waals surface area contributed by atoms with Crippen molar-refractivity contribution < 1.29 is 29.7 Å². The monoisotopic (exact) mass is 606 g/mol. The van der Waals surface area contributed by atoms with Gasteiger partial charge in [-0.3, -0.25) is 0 Å². The Labute approximate surface area is 230 Å². The molecule has 0 bridgehead atoms. The van der Waals surface area contributed by atoms with E-state index >= 15 is 0 Å². The SMILES string of the molecule is CCCCC(CC)C(=O)[O-].CCCCC(CC)C(=O)[O-].CCCCC(CC)C(=O)[O-].C[C](C)(C)[Sn+3]. The molecule has 0 aromatic rings. The zero-order valence-electron chi connectivity index (χ0n) is 24.2. The van der Waals surface area contributed by atoms with Crippen LogP contribution >= 0.6 is 0 Å². The molecule has 0 aromatic heterocycles. The van der Waals surface area contributed by atoms with Gasteiger partial charge in [0.25, 0.3) is 0 Å². The summed E-state index contributed by atoms with van der Waals surface area (Å²) in [4.78, 5) is 31.0. The summed E-state index contributed by atoms with van der Waals surface area (Å²) in [6.07, 6.45) is 10.6. The van der Waals surface area contributed by atoms with Crippen LogP contribution in [0.4, 0.5) is 0 Å². The Hall–Kier alpha value is -0.791. The Balaban J connectivity index is -0.000000188. The molecule has 0 saturated carbocycles. The van der Waals surface area contributed by atoms with E-state index in [2.05, 4.69) is 41.5 Å². The molecular weight excluding hydrogens is 551 g/mol. The van der Waals surface area contributed by atoms with E-state index in [1.807, 2.05) is 20.8 Å². The Morgan fingerprint density at radius 2 is 0.743 bits per heavy atom. The van der Waals surface area contributed by atoms with E-state index in [-0.39, 0.29) is 17.8 Å². The van der Waals surface area contributed by atoms with Crippen molar-refractivity contribution in [3.8, 4) is 0 Å². The van der Waals surface area contributed by atoms with Gasteiger partial charge in [-0.15, -0.1) is 0 Å². The topological polar surface area (TPSA) is 120 Å². The third kappa shape index (κ3) is 37.9. The zero-order chi connectivity index (χ0) is 28.4. The van der Waals surface area contributed by atoms with E-state index in [0.717, 1.165) is 57.8 Å². The van der Waals surface area contributed by atoms with Crippen LogP contribution in [0.5, 0.6) is 0 Å². The van der Waals surface area contributed by atoms with Crippen molar-refractivity contribution in [2.24, 2.45) is 17.8 Å². The van der Waals surface area contributed by atoms with Gasteiger partial charge in [0.15, 0.2) is 0 Å². The van der Waals surface area contributed by atoms with Crippen LogP contribution in [0.2, 0.25) is 3.43 Å². The minimum absolute atomic E-state index is 0.222. The van der Waals surface area contributed by atoms with Gasteiger partial charge < -0.3 is 29.7 Å². The molecule has 206 valence electrons. The standard InChI is InChI=1S/3C8H16O2.C4H9.Sn/c3*1-3-5-6-7(4-2)8(9)10;1-4(2)3;/h3*7H,3-6H2,1-2H3,(H,9,10);1-3H3;/q;;;;+3/p-3. The van der Waals surface area contributed by atoms with Crippen LogP contribution in [0.3, 0.4) is 0 Å². The molecule has 0 aliphatic carbocycles. The van der Waals surface area contributed by atoms with E-state index in [1.165, 1.54) is 0 Å². The summed E-state index contributed by atoms with van der Waals surface area (Å²) in [7, 11) is 0. The van der Waals surface area contributed by atoms with Gasteiger partial charge in [0.1, 0.15) is 0 Å². The Bertz CT molecular complexity index is 434. The fourth-order valence-electron chi connectivity index (χ4n) is 2.82. The maximum absolute atomic E-state index is 10.3. The normalized spacial score (nSPS) is 12.9. The first-order valence-corrected chi connectivity index (χ1v) is 15.0. The molecule has 3 atom stereocenters. The fourth-order valence-corrected chi connectivity index (χ4v) is 2.82. The van der Waals surface area contributed by atoms with E-state index in [1.54, 1.807) is 22.5 Å². The summed E-state index contributed by atoms with van der Waals surface area (Å²) < 4.78 is 0.590. The van der Waals surface area contributed by atoms with E-state index in [4.69, 9.17) is 0 Å². The van der Waals surface area contributed by atoms with Gasteiger partial charge in [0.2, 0.25) is 0 Å². The molecule has 0 fully saturated rings. The number of carbonyl (C=O) groups is 3. The second-order valence-corrected chi connectivity index (χ2v) is 14.2. The quantitative estimate of drug-likeness (QED) is 0.258. The first-order valence-electron chi connectivity index (χ1n) is 13.5. The van der Waals surface area contributed by atoms with Crippen molar-refractivity contribution in [2.45, 2.75) is 143 Å². The number of aliphatic carboxylic acids is 3. The number of carboxylic acids is 3. The summed E-state index contributed by atoms with van der Waals surface area (Å²) in [6.45, 7) is 18.5. The number of hydrogen-bond acceptors (Lipinski definition) is 6. The average Bonchev–Trinajstić information content (AvgIpc) is 2.74. The molecule has 0 N–H and O–H groups in total. The molecule has 0 rings (SSSR count). The Morgan fingerprint density at radius 3 is 0.829 bits per heavy atom. The molecule has 0 aromatic carbocycles. The van der Waals surface area contributed by atoms with Crippen LogP contribution in [0.15, 0.2) is 0 Å². The van der Waals surface area contributed by atoms with Gasteiger partial charge in [0.05, 0.1) is 0 Å². The first kappa shape index (κ1) is 41.3. The number of hydrogen-bond donors (Lipinski definition) is 0. The molecule has 7 heteroatoms. The first-order chi connectivity index (χ1) is 16.2. The maximum atomic E-state index is 10.3. The van der Waals surface area contributed by atoms with Crippen molar-refractivity contribution in [3.05, 3.63) is 0 Å². The summed E-state index contributed by atoms with van der Waals surface area (Å²) in [6, 6.07) is 0. The summed E-state index contributed by atoms with van der Waals surface area (Å²) >= 11 is 1.62. The molecule has 35 heavy (non-hydrogen) atoms. The molecule has 0 saturated heterocycles. The van der Waals surface area contributed by atoms with Crippen molar-refractivity contribution in [1.29, 1.82) is 0 Å². The van der Waals surface area contributed by atoms with Gasteiger partial charge in [-0.05, 0) is 56.3 Å². The van der Waals surface area contributed by atoms with Crippen LogP contribution in [0.25, 0.3) is 0 Å². The molecule has 6 nitrogen and oxygen atoms in total. The summed E-state index contributed by atoms with van der Waals surface area (Å²) in [5.41, 5.74) is 0. The second-order valence-electron chi connectivity index (χ2n) is 9.95. The van der Waals surface area contributed by atoms with Crippen LogP contribution in [0.1, 0.15) is 139 Å². The number of carboxylic acid groups (broad SMARTS) is 3. The third-order valence-electron chi connectivity index (χ3n) is 5.20. The molecule has 0 aliphatic heterocycles. The van der Waals surface area contributed by atoms with Gasteiger partial charge in [-0.2, -0.15) is 0 Å². The predicted octanol–water partition coefficient (Wildman–Crippen LogP) is 4.23. The Kier molecular flexibility index (Phi) is 32.8. The molecule has 0 heterocycles. The summed E-state index contributed by atoms with van der Waals surface area (Å²) in [5, 5.41) is 31.0. The molecule has 0 aliphatic rings. The molecule has 3 unspecified atom stereocenters. The van der Waals surface area contributed by atoms with Crippen molar-refractivity contribution in [3.63, 3.8) is 0 Å². The van der Waals surface area contributed by atoms with Gasteiger partial charge >= 0.3 is 46.7 Å². The van der Waals surface area contributed by atoms with E-state index in [9.17, 15) is 29.7 Å². The number of rotatable bonds is 15. The van der Waals surface area contributed by atoms with Crippen LogP contribution in [-0.2, 0) is 14.4 Å². The Morgan fingerprint density at radius 1 is 0.571 bits per heavy atom. The molecule has 0 radical (unpaired) electrons. The van der Waals surface area contributed by atoms with Crippen LogP contribution < -0.4 is 15.3 Å². The van der Waals surface area contributed by atoms with E-state index in [0.29, 0.717) is 22.7 Å². The molecule has 0 amide bonds. The van der Waals surface area contributed by atoms with Crippen molar-refractivity contribution in [2.75, 3.05) is 0 Å². The number of carbonyl (C=O) groups excluding carboxylic acids is 3. The zero-order valence-corrected chi connectivity index (χ0v) is 27.0. The van der Waals surface area contributed by atoms with E-state index < -0.39 is 17.9 Å². The second kappa shape index (κ2) is 27.8.